The van der Waals surface area contributed by atoms with Gasteiger partial charge < -0.3 is 14.7 Å². The predicted molar refractivity (Wildman–Crippen MR) is 135 cm³/mol. The summed E-state index contributed by atoms with van der Waals surface area (Å²) in [4.78, 5) is 30.4. The lowest BCUT2D eigenvalue weighted by Gasteiger charge is -2.27. The Labute approximate surface area is 202 Å². The number of benzene rings is 2. The van der Waals surface area contributed by atoms with Crippen molar-refractivity contribution in [3.8, 4) is 17.1 Å². The number of nitrogens with zero attached hydrogens (tertiary/aromatic N) is 3. The molecule has 0 saturated heterocycles. The number of pyridine rings is 1. The van der Waals surface area contributed by atoms with Gasteiger partial charge in [0.05, 0.1) is 11.3 Å². The van der Waals surface area contributed by atoms with Crippen LogP contribution in [0.25, 0.3) is 22.3 Å². The summed E-state index contributed by atoms with van der Waals surface area (Å²) in [6.07, 6.45) is 6.20. The van der Waals surface area contributed by atoms with Crippen molar-refractivity contribution in [2.75, 3.05) is 6.54 Å². The molecule has 35 heavy (non-hydrogen) atoms. The average molecular weight is 464 g/mol. The SMILES string of the molecule is O=c1[nH]c(-c2cccnc2)nc2c1CN(Cc1c[nH]c3cccc(OCc4ccccc4)c13)CC2. The van der Waals surface area contributed by atoms with Crippen molar-refractivity contribution in [2.24, 2.45) is 0 Å². The highest BCUT2D eigenvalue weighted by Gasteiger charge is 2.23. The number of aromatic nitrogens is 4. The topological polar surface area (TPSA) is 86.9 Å². The summed E-state index contributed by atoms with van der Waals surface area (Å²) in [5.74, 6) is 1.44. The van der Waals surface area contributed by atoms with Crippen LogP contribution in [0.15, 0.2) is 84.0 Å². The third-order valence-electron chi connectivity index (χ3n) is 6.46. The summed E-state index contributed by atoms with van der Waals surface area (Å²) in [6.45, 7) is 2.62. The van der Waals surface area contributed by atoms with Crippen molar-refractivity contribution in [2.45, 2.75) is 26.1 Å². The third kappa shape index (κ3) is 4.34. The molecular weight excluding hydrogens is 438 g/mol. The van der Waals surface area contributed by atoms with E-state index in [9.17, 15) is 4.79 Å². The standard InChI is InChI=1S/C28H25N5O2/c34-28-22-17-33(13-11-23(22)31-27(32-28)20-8-5-12-29-14-20)16-21-15-30-24-9-4-10-25(26(21)24)35-18-19-6-2-1-3-7-19/h1-10,12,14-15,30H,11,13,16-18H2,(H,31,32,34). The van der Waals surface area contributed by atoms with Crippen LogP contribution in [0.2, 0.25) is 0 Å². The first-order chi connectivity index (χ1) is 17.2. The van der Waals surface area contributed by atoms with Gasteiger partial charge in [-0.2, -0.15) is 0 Å². The van der Waals surface area contributed by atoms with Crippen LogP contribution in [-0.2, 0) is 26.1 Å². The van der Waals surface area contributed by atoms with Crippen LogP contribution < -0.4 is 10.3 Å². The Balaban J connectivity index is 1.23. The fraction of sp³-hybridized carbons (Fsp3) is 0.179. The highest BCUT2D eigenvalue weighted by molar-refractivity contribution is 5.89. The molecule has 0 spiro atoms. The second-order valence-electron chi connectivity index (χ2n) is 8.81. The molecule has 5 aromatic rings. The number of aromatic amines is 2. The van der Waals surface area contributed by atoms with E-state index in [0.29, 0.717) is 19.0 Å². The smallest absolute Gasteiger partial charge is 0.255 e. The zero-order chi connectivity index (χ0) is 23.6. The summed E-state index contributed by atoms with van der Waals surface area (Å²) < 4.78 is 6.22. The lowest BCUT2D eigenvalue weighted by Crippen LogP contribution is -2.35. The molecule has 7 heteroatoms. The molecule has 2 aromatic carbocycles. The normalized spacial score (nSPS) is 13.6. The van der Waals surface area contributed by atoms with Crippen LogP contribution >= 0.6 is 0 Å². The summed E-state index contributed by atoms with van der Waals surface area (Å²) in [5, 5.41) is 1.09. The Bertz CT molecular complexity index is 1530. The first kappa shape index (κ1) is 21.3. The van der Waals surface area contributed by atoms with Crippen LogP contribution in [0.1, 0.15) is 22.4 Å². The molecule has 0 radical (unpaired) electrons. The molecule has 1 aliphatic rings. The molecule has 7 nitrogen and oxygen atoms in total. The lowest BCUT2D eigenvalue weighted by molar-refractivity contribution is 0.242. The molecule has 4 heterocycles. The Morgan fingerprint density at radius 3 is 2.80 bits per heavy atom. The van der Waals surface area contributed by atoms with Gasteiger partial charge in [-0.1, -0.05) is 36.4 Å². The van der Waals surface area contributed by atoms with E-state index in [2.05, 4.69) is 38.1 Å². The third-order valence-corrected chi connectivity index (χ3v) is 6.46. The van der Waals surface area contributed by atoms with E-state index in [1.165, 1.54) is 0 Å². The quantitative estimate of drug-likeness (QED) is 0.389. The molecule has 0 fully saturated rings. The van der Waals surface area contributed by atoms with Crippen molar-refractivity contribution < 1.29 is 4.74 Å². The first-order valence-corrected chi connectivity index (χ1v) is 11.7. The fourth-order valence-electron chi connectivity index (χ4n) is 4.70. The first-order valence-electron chi connectivity index (χ1n) is 11.7. The Morgan fingerprint density at radius 2 is 1.94 bits per heavy atom. The number of nitrogens with one attached hydrogen (secondary N) is 2. The molecule has 0 aliphatic carbocycles. The van der Waals surface area contributed by atoms with Gasteiger partial charge in [0.15, 0.2) is 0 Å². The van der Waals surface area contributed by atoms with Crippen molar-refractivity contribution in [1.29, 1.82) is 0 Å². The van der Waals surface area contributed by atoms with Crippen LogP contribution in [0.4, 0.5) is 0 Å². The van der Waals surface area contributed by atoms with Gasteiger partial charge in [0, 0.05) is 61.1 Å². The monoisotopic (exact) mass is 463 g/mol. The van der Waals surface area contributed by atoms with Crippen molar-refractivity contribution >= 4 is 10.9 Å². The van der Waals surface area contributed by atoms with Gasteiger partial charge in [-0.3, -0.25) is 14.7 Å². The number of ether oxygens (including phenoxy) is 1. The van der Waals surface area contributed by atoms with E-state index in [1.807, 2.05) is 48.7 Å². The van der Waals surface area contributed by atoms with Crippen molar-refractivity contribution in [1.82, 2.24) is 24.8 Å². The molecule has 0 atom stereocenters. The number of hydrogen-bond donors (Lipinski definition) is 2. The van der Waals surface area contributed by atoms with E-state index in [4.69, 9.17) is 9.72 Å². The number of rotatable bonds is 6. The van der Waals surface area contributed by atoms with Crippen LogP contribution in [-0.4, -0.2) is 31.4 Å². The molecular formula is C28H25N5O2. The summed E-state index contributed by atoms with van der Waals surface area (Å²) in [7, 11) is 0. The average Bonchev–Trinajstić information content (AvgIpc) is 3.32. The minimum Gasteiger partial charge on any atom is -0.488 e. The van der Waals surface area contributed by atoms with Crippen LogP contribution in [0, 0.1) is 0 Å². The van der Waals surface area contributed by atoms with E-state index in [-0.39, 0.29) is 5.56 Å². The van der Waals surface area contributed by atoms with Gasteiger partial charge in [0.2, 0.25) is 0 Å². The zero-order valence-corrected chi connectivity index (χ0v) is 19.2. The molecule has 0 unspecified atom stereocenters. The van der Waals surface area contributed by atoms with E-state index in [0.717, 1.165) is 64.1 Å². The minimum atomic E-state index is -0.0793. The number of fused-ring (bicyclic) bond motifs is 2. The maximum absolute atomic E-state index is 12.9. The molecule has 174 valence electrons. The van der Waals surface area contributed by atoms with Gasteiger partial charge in [-0.15, -0.1) is 0 Å². The maximum Gasteiger partial charge on any atom is 0.255 e. The molecule has 2 N–H and O–H groups in total. The van der Waals surface area contributed by atoms with Gasteiger partial charge in [0.1, 0.15) is 18.2 Å². The summed E-state index contributed by atoms with van der Waals surface area (Å²) in [6, 6.07) is 20.0. The molecule has 0 amide bonds. The molecule has 1 aliphatic heterocycles. The highest BCUT2D eigenvalue weighted by atomic mass is 16.5. The highest BCUT2D eigenvalue weighted by Crippen LogP contribution is 2.31. The number of hydrogen-bond acceptors (Lipinski definition) is 5. The van der Waals surface area contributed by atoms with Crippen LogP contribution in [0.5, 0.6) is 5.75 Å². The maximum atomic E-state index is 12.9. The molecule has 0 bridgehead atoms. The summed E-state index contributed by atoms with van der Waals surface area (Å²) in [5.41, 5.74) is 5.68. The van der Waals surface area contributed by atoms with Crippen molar-refractivity contribution in [3.63, 3.8) is 0 Å². The van der Waals surface area contributed by atoms with Gasteiger partial charge >= 0.3 is 0 Å². The second kappa shape index (κ2) is 9.19. The van der Waals surface area contributed by atoms with E-state index < -0.39 is 0 Å². The minimum absolute atomic E-state index is 0.0793. The molecule has 3 aromatic heterocycles. The van der Waals surface area contributed by atoms with Gasteiger partial charge in [-0.05, 0) is 35.4 Å². The fourth-order valence-corrected chi connectivity index (χ4v) is 4.70. The van der Waals surface area contributed by atoms with E-state index in [1.54, 1.807) is 12.4 Å². The number of H-pyrrole nitrogens is 2. The van der Waals surface area contributed by atoms with Gasteiger partial charge in [0.25, 0.3) is 5.56 Å². The van der Waals surface area contributed by atoms with Crippen LogP contribution in [0.3, 0.4) is 0 Å². The lowest BCUT2D eigenvalue weighted by atomic mass is 10.0. The largest absolute Gasteiger partial charge is 0.488 e. The predicted octanol–water partition coefficient (Wildman–Crippen LogP) is 4.45. The molecule has 6 rings (SSSR count). The van der Waals surface area contributed by atoms with E-state index >= 15 is 0 Å². The zero-order valence-electron chi connectivity index (χ0n) is 19.2. The molecule has 0 saturated carbocycles. The van der Waals surface area contributed by atoms with Gasteiger partial charge in [-0.25, -0.2) is 4.98 Å². The Hall–Kier alpha value is -4.23. The summed E-state index contributed by atoms with van der Waals surface area (Å²) >= 11 is 0. The Morgan fingerprint density at radius 1 is 1.03 bits per heavy atom. The van der Waals surface area contributed by atoms with Crippen molar-refractivity contribution in [3.05, 3.63) is 112 Å². The second-order valence-corrected chi connectivity index (χ2v) is 8.81. The Kier molecular flexibility index (Phi) is 5.60.